The lowest BCUT2D eigenvalue weighted by molar-refractivity contribution is -0.0498. The normalized spacial score (nSPS) is 25.4. The molecule has 2 nitrogen and oxygen atoms in total. The standard InChI is InChI=1S/C28H33F4O2/c1-2-3-18-4-6-19(7-5-18)20-8-10-21(11-9-20)26-24(29)16-17-25(27(26)30)33-22-12-14-23(15-13-22)34-28(31)32/h12-16,18-21,28H,2-11H2,1H3/t18-,19-,20?,21?. The van der Waals surface area contributed by atoms with Crippen molar-refractivity contribution in [1.29, 1.82) is 0 Å². The molecule has 34 heavy (non-hydrogen) atoms. The van der Waals surface area contributed by atoms with Gasteiger partial charge in [-0.2, -0.15) is 8.78 Å². The molecule has 0 bridgehead atoms. The Hall–Kier alpha value is -2.24. The summed E-state index contributed by atoms with van der Waals surface area (Å²) in [5.74, 6) is 0.827. The minimum atomic E-state index is -2.93. The Morgan fingerprint density at radius 2 is 1.47 bits per heavy atom. The van der Waals surface area contributed by atoms with Crippen molar-refractivity contribution < 1.29 is 27.0 Å². The predicted molar refractivity (Wildman–Crippen MR) is 123 cm³/mol. The van der Waals surface area contributed by atoms with Crippen LogP contribution in [0.2, 0.25) is 0 Å². The molecule has 2 fully saturated rings. The molecule has 2 aromatic rings. The summed E-state index contributed by atoms with van der Waals surface area (Å²) in [5, 5.41) is 0. The van der Waals surface area contributed by atoms with Gasteiger partial charge in [-0.3, -0.25) is 0 Å². The van der Waals surface area contributed by atoms with Crippen LogP contribution in [-0.2, 0) is 0 Å². The number of benzene rings is 2. The van der Waals surface area contributed by atoms with Gasteiger partial charge in [0.15, 0.2) is 11.6 Å². The first kappa shape index (κ1) is 24.9. The van der Waals surface area contributed by atoms with E-state index in [1.54, 1.807) is 0 Å². The van der Waals surface area contributed by atoms with Crippen LogP contribution in [0.15, 0.2) is 30.3 Å². The molecule has 1 radical (unpaired) electrons. The van der Waals surface area contributed by atoms with E-state index in [2.05, 4.69) is 17.7 Å². The topological polar surface area (TPSA) is 18.5 Å². The molecule has 2 aromatic carbocycles. The Bertz CT molecular complexity index is 915. The van der Waals surface area contributed by atoms with Crippen molar-refractivity contribution in [3.05, 3.63) is 53.6 Å². The van der Waals surface area contributed by atoms with Crippen molar-refractivity contribution in [3.8, 4) is 17.2 Å². The van der Waals surface area contributed by atoms with Crippen LogP contribution >= 0.6 is 0 Å². The third-order valence-corrected chi connectivity index (χ3v) is 7.73. The van der Waals surface area contributed by atoms with Crippen LogP contribution in [0.1, 0.15) is 82.6 Å². The molecule has 2 aliphatic carbocycles. The summed E-state index contributed by atoms with van der Waals surface area (Å²) in [4.78, 5) is 0. The first-order valence-corrected chi connectivity index (χ1v) is 12.6. The number of halogens is 4. The molecule has 4 rings (SSSR count). The van der Waals surface area contributed by atoms with E-state index in [-0.39, 0.29) is 28.7 Å². The Morgan fingerprint density at radius 1 is 0.882 bits per heavy atom. The largest absolute Gasteiger partial charge is 0.454 e. The van der Waals surface area contributed by atoms with Gasteiger partial charge in [0.2, 0.25) is 0 Å². The molecule has 185 valence electrons. The molecular weight excluding hydrogens is 444 g/mol. The molecule has 2 aliphatic rings. The summed E-state index contributed by atoms with van der Waals surface area (Å²) >= 11 is 0. The first-order valence-electron chi connectivity index (χ1n) is 12.6. The van der Waals surface area contributed by atoms with Gasteiger partial charge < -0.3 is 9.47 Å². The van der Waals surface area contributed by atoms with Crippen LogP contribution in [0, 0.1) is 35.5 Å². The number of hydrogen-bond donors (Lipinski definition) is 0. The van der Waals surface area contributed by atoms with Gasteiger partial charge in [0.05, 0.1) is 0 Å². The fourth-order valence-electron chi connectivity index (χ4n) is 5.99. The van der Waals surface area contributed by atoms with Crippen molar-refractivity contribution in [2.24, 2.45) is 17.8 Å². The number of hydrogen-bond acceptors (Lipinski definition) is 2. The van der Waals surface area contributed by atoms with Gasteiger partial charge in [-0.15, -0.1) is 0 Å². The van der Waals surface area contributed by atoms with Crippen molar-refractivity contribution in [1.82, 2.24) is 0 Å². The van der Waals surface area contributed by atoms with Gasteiger partial charge in [0.1, 0.15) is 17.3 Å². The summed E-state index contributed by atoms with van der Waals surface area (Å²) < 4.78 is 64.5. The van der Waals surface area contributed by atoms with Gasteiger partial charge in [-0.05, 0) is 92.5 Å². The van der Waals surface area contributed by atoms with E-state index >= 15 is 4.39 Å². The Balaban J connectivity index is 1.38. The fraction of sp³-hybridized carbons (Fsp3) is 0.571. The summed E-state index contributed by atoms with van der Waals surface area (Å²) in [6.45, 7) is -0.673. The van der Waals surface area contributed by atoms with Crippen LogP contribution in [0.3, 0.4) is 0 Å². The quantitative estimate of drug-likeness (QED) is 0.353. The monoisotopic (exact) mass is 477 g/mol. The average Bonchev–Trinajstić information content (AvgIpc) is 2.83. The Morgan fingerprint density at radius 3 is 2.06 bits per heavy atom. The SMILES string of the molecule is CCC[C@H]1CC[C@H](C2CCC(c3c(F)c[c]c(Oc4ccc(OC(F)F)cc4)c3F)CC2)CC1. The molecule has 2 saturated carbocycles. The first-order chi connectivity index (χ1) is 16.4. The average molecular weight is 478 g/mol. The van der Waals surface area contributed by atoms with E-state index < -0.39 is 18.2 Å². The van der Waals surface area contributed by atoms with Crippen LogP contribution in [0.25, 0.3) is 0 Å². The Labute approximate surface area is 199 Å². The zero-order valence-corrected chi connectivity index (χ0v) is 19.7. The third kappa shape index (κ3) is 6.05. The molecule has 0 atom stereocenters. The van der Waals surface area contributed by atoms with Crippen LogP contribution in [-0.4, -0.2) is 6.61 Å². The van der Waals surface area contributed by atoms with Gasteiger partial charge >= 0.3 is 6.61 Å². The van der Waals surface area contributed by atoms with E-state index in [1.165, 1.54) is 62.8 Å². The minimum absolute atomic E-state index is 0.0257. The van der Waals surface area contributed by atoms with E-state index in [0.717, 1.165) is 43.6 Å². The highest BCUT2D eigenvalue weighted by Gasteiger charge is 2.33. The van der Waals surface area contributed by atoms with Crippen LogP contribution in [0.4, 0.5) is 17.6 Å². The smallest absolute Gasteiger partial charge is 0.387 e. The summed E-state index contributed by atoms with van der Waals surface area (Å²) in [6, 6.07) is 9.07. The molecule has 6 heteroatoms. The molecule has 0 N–H and O–H groups in total. The molecule has 0 aromatic heterocycles. The number of ether oxygens (including phenoxy) is 2. The number of alkyl halides is 2. The molecule has 0 unspecified atom stereocenters. The highest BCUT2D eigenvalue weighted by molar-refractivity contribution is 5.39. The summed E-state index contributed by atoms with van der Waals surface area (Å²) in [7, 11) is 0. The number of rotatable bonds is 8. The fourth-order valence-corrected chi connectivity index (χ4v) is 5.99. The maximum Gasteiger partial charge on any atom is 0.387 e. The van der Waals surface area contributed by atoms with Gasteiger partial charge in [-0.1, -0.05) is 32.6 Å². The molecule has 0 saturated heterocycles. The maximum atomic E-state index is 15.3. The second-order valence-electron chi connectivity index (χ2n) is 9.83. The van der Waals surface area contributed by atoms with Crippen molar-refractivity contribution in [2.75, 3.05) is 0 Å². The lowest BCUT2D eigenvalue weighted by Gasteiger charge is -2.38. The summed E-state index contributed by atoms with van der Waals surface area (Å²) in [5.41, 5.74) is 0.0801. The van der Waals surface area contributed by atoms with Gasteiger partial charge in [0, 0.05) is 11.6 Å². The van der Waals surface area contributed by atoms with E-state index in [9.17, 15) is 13.2 Å². The predicted octanol–water partition coefficient (Wildman–Crippen LogP) is 9.04. The van der Waals surface area contributed by atoms with Crippen molar-refractivity contribution in [3.63, 3.8) is 0 Å². The zero-order valence-electron chi connectivity index (χ0n) is 19.7. The summed E-state index contributed by atoms with van der Waals surface area (Å²) in [6.07, 6.45) is 11.4. The minimum Gasteiger partial charge on any atom is -0.454 e. The molecular formula is C28H33F4O2. The zero-order chi connectivity index (χ0) is 24.1. The Kier molecular flexibility index (Phi) is 8.38. The third-order valence-electron chi connectivity index (χ3n) is 7.73. The highest BCUT2D eigenvalue weighted by atomic mass is 19.3. The maximum absolute atomic E-state index is 15.3. The van der Waals surface area contributed by atoms with Crippen molar-refractivity contribution in [2.45, 2.75) is 83.7 Å². The van der Waals surface area contributed by atoms with E-state index in [0.29, 0.717) is 5.92 Å². The molecule has 0 amide bonds. The van der Waals surface area contributed by atoms with Crippen LogP contribution < -0.4 is 9.47 Å². The van der Waals surface area contributed by atoms with E-state index in [1.807, 2.05) is 0 Å². The molecule has 0 heterocycles. The lowest BCUT2D eigenvalue weighted by Crippen LogP contribution is -2.26. The second kappa shape index (κ2) is 11.5. The molecule has 0 aliphatic heterocycles. The van der Waals surface area contributed by atoms with E-state index in [4.69, 9.17) is 4.74 Å². The lowest BCUT2D eigenvalue weighted by atomic mass is 9.68. The second-order valence-corrected chi connectivity index (χ2v) is 9.83. The van der Waals surface area contributed by atoms with Crippen LogP contribution in [0.5, 0.6) is 17.2 Å². The van der Waals surface area contributed by atoms with Gasteiger partial charge in [-0.25, -0.2) is 8.78 Å². The molecule has 0 spiro atoms. The van der Waals surface area contributed by atoms with Crippen molar-refractivity contribution >= 4 is 0 Å². The highest BCUT2D eigenvalue weighted by Crippen LogP contribution is 2.46. The van der Waals surface area contributed by atoms with Gasteiger partial charge in [0.25, 0.3) is 0 Å².